The van der Waals surface area contributed by atoms with E-state index >= 15 is 0 Å². The van der Waals surface area contributed by atoms with E-state index in [0.717, 1.165) is 11.4 Å². The number of fused-ring (bicyclic) bond motifs is 1. The molecule has 1 saturated heterocycles. The highest BCUT2D eigenvalue weighted by molar-refractivity contribution is 7.89. The molecular formula is C26H27N3O6S2. The van der Waals surface area contributed by atoms with Gasteiger partial charge in [0.25, 0.3) is 5.91 Å². The number of aryl methyl sites for hydroxylation is 1. The molecule has 11 heteroatoms. The Morgan fingerprint density at radius 1 is 1.05 bits per heavy atom. The molecule has 194 valence electrons. The highest BCUT2D eigenvalue weighted by atomic mass is 32.2. The van der Waals surface area contributed by atoms with Crippen molar-refractivity contribution in [3.8, 4) is 11.5 Å². The second kappa shape index (κ2) is 10.2. The van der Waals surface area contributed by atoms with Gasteiger partial charge in [-0.1, -0.05) is 18.2 Å². The van der Waals surface area contributed by atoms with Crippen LogP contribution in [-0.4, -0.2) is 70.9 Å². The molecule has 0 spiro atoms. The molecule has 2 aliphatic heterocycles. The van der Waals surface area contributed by atoms with E-state index in [0.29, 0.717) is 42.4 Å². The smallest absolute Gasteiger partial charge is 0.265 e. The van der Waals surface area contributed by atoms with Crippen LogP contribution in [-0.2, 0) is 14.8 Å². The van der Waals surface area contributed by atoms with Crippen LogP contribution in [0.2, 0.25) is 0 Å². The minimum absolute atomic E-state index is 0.101. The highest BCUT2D eigenvalue weighted by Gasteiger charge is 2.34. The lowest BCUT2D eigenvalue weighted by Crippen LogP contribution is -2.49. The fraction of sp³-hybridized carbons (Fsp3) is 0.308. The summed E-state index contributed by atoms with van der Waals surface area (Å²) >= 11 is 1.30. The van der Waals surface area contributed by atoms with Gasteiger partial charge in [0.1, 0.15) is 11.5 Å². The van der Waals surface area contributed by atoms with E-state index in [1.807, 2.05) is 24.3 Å². The van der Waals surface area contributed by atoms with Crippen LogP contribution < -0.4 is 19.3 Å². The molecule has 5 rings (SSSR count). The molecule has 2 aliphatic rings. The third-order valence-corrected chi connectivity index (χ3v) is 9.53. The van der Waals surface area contributed by atoms with Crippen LogP contribution in [0.15, 0.2) is 58.8 Å². The second-order valence-corrected chi connectivity index (χ2v) is 11.7. The predicted molar refractivity (Wildman–Crippen MR) is 142 cm³/mol. The van der Waals surface area contributed by atoms with E-state index in [2.05, 4.69) is 4.90 Å². The Kier molecular flexibility index (Phi) is 6.93. The summed E-state index contributed by atoms with van der Waals surface area (Å²) in [5.41, 5.74) is 1.73. The first-order valence-corrected chi connectivity index (χ1v) is 14.1. The summed E-state index contributed by atoms with van der Waals surface area (Å²) in [5.74, 6) is 0.519. The second-order valence-electron chi connectivity index (χ2n) is 8.82. The number of anilines is 2. The standard InChI is InChI=1S/C26H27N3O6S2/c1-18-14-23-20(29(26(31)17-35-23)16-21(30)24-8-5-13-36-24)15-25(18)37(32,33)28-11-9-27(10-12-28)19-6-3-4-7-22(19)34-2/h3-8,13-15H,9-12,16-17H2,1-2H3. The lowest BCUT2D eigenvalue weighted by Gasteiger charge is -2.36. The number of sulfonamides is 1. The van der Waals surface area contributed by atoms with Gasteiger partial charge in [-0.3, -0.25) is 14.5 Å². The fourth-order valence-corrected chi connectivity index (χ4v) is 6.94. The number of piperazine rings is 1. The van der Waals surface area contributed by atoms with Gasteiger partial charge >= 0.3 is 0 Å². The van der Waals surface area contributed by atoms with Crippen molar-refractivity contribution in [2.24, 2.45) is 0 Å². The SMILES string of the molecule is COc1ccccc1N1CCN(S(=O)(=O)c2cc3c(cc2C)OCC(=O)N3CC(=O)c2cccs2)CC1. The van der Waals surface area contributed by atoms with Gasteiger partial charge in [0.15, 0.2) is 12.4 Å². The van der Waals surface area contributed by atoms with Crippen LogP contribution in [0.1, 0.15) is 15.2 Å². The number of thiophene rings is 1. The molecule has 0 atom stereocenters. The number of benzene rings is 2. The molecule has 3 heterocycles. The Labute approximate surface area is 219 Å². The average molecular weight is 542 g/mol. The molecule has 37 heavy (non-hydrogen) atoms. The summed E-state index contributed by atoms with van der Waals surface area (Å²) in [4.78, 5) is 29.5. The number of carbonyl (C=O) groups is 2. The fourth-order valence-electron chi connectivity index (χ4n) is 4.64. The van der Waals surface area contributed by atoms with Gasteiger partial charge in [-0.05, 0) is 48.2 Å². The highest BCUT2D eigenvalue weighted by Crippen LogP contribution is 2.38. The topological polar surface area (TPSA) is 96.5 Å². The van der Waals surface area contributed by atoms with Crippen LogP contribution in [0, 0.1) is 6.92 Å². The van der Waals surface area contributed by atoms with Gasteiger partial charge in [-0.25, -0.2) is 8.42 Å². The Bertz CT molecular complexity index is 1430. The molecule has 1 amide bonds. The van der Waals surface area contributed by atoms with Crippen molar-refractivity contribution in [3.05, 3.63) is 64.4 Å². The normalized spacial score (nSPS) is 16.3. The number of ketones is 1. The minimum atomic E-state index is -3.86. The van der Waals surface area contributed by atoms with Crippen molar-refractivity contribution in [1.29, 1.82) is 0 Å². The molecule has 0 bridgehead atoms. The van der Waals surface area contributed by atoms with Crippen LogP contribution in [0.4, 0.5) is 11.4 Å². The van der Waals surface area contributed by atoms with E-state index in [9.17, 15) is 18.0 Å². The number of amides is 1. The van der Waals surface area contributed by atoms with E-state index in [1.165, 1.54) is 26.6 Å². The number of carbonyl (C=O) groups excluding carboxylic acids is 2. The van der Waals surface area contributed by atoms with Crippen molar-refractivity contribution in [2.75, 3.05) is 56.2 Å². The number of Topliss-reactive ketones (excluding diaryl/α,β-unsaturated/α-hetero) is 1. The maximum absolute atomic E-state index is 13.7. The van der Waals surface area contributed by atoms with Crippen LogP contribution in [0.3, 0.4) is 0 Å². The number of ether oxygens (including phenoxy) is 2. The summed E-state index contributed by atoms with van der Waals surface area (Å²) in [6.07, 6.45) is 0. The van der Waals surface area contributed by atoms with Crippen LogP contribution in [0.5, 0.6) is 11.5 Å². The van der Waals surface area contributed by atoms with E-state index in [1.54, 1.807) is 37.6 Å². The summed E-state index contributed by atoms with van der Waals surface area (Å²) in [5, 5.41) is 1.80. The van der Waals surface area contributed by atoms with Crippen molar-refractivity contribution in [1.82, 2.24) is 4.31 Å². The quantitative estimate of drug-likeness (QED) is 0.424. The van der Waals surface area contributed by atoms with E-state index in [-0.39, 0.29) is 29.5 Å². The first-order valence-electron chi connectivity index (χ1n) is 11.8. The molecule has 0 unspecified atom stereocenters. The molecule has 0 N–H and O–H groups in total. The maximum Gasteiger partial charge on any atom is 0.265 e. The van der Waals surface area contributed by atoms with Gasteiger partial charge in [-0.15, -0.1) is 11.3 Å². The van der Waals surface area contributed by atoms with Crippen LogP contribution >= 0.6 is 11.3 Å². The summed E-state index contributed by atoms with van der Waals surface area (Å²) < 4.78 is 40.0. The van der Waals surface area contributed by atoms with Gasteiger partial charge in [-0.2, -0.15) is 4.31 Å². The summed E-state index contributed by atoms with van der Waals surface area (Å²) in [7, 11) is -2.25. The maximum atomic E-state index is 13.7. The Balaban J connectivity index is 1.40. The largest absolute Gasteiger partial charge is 0.495 e. The average Bonchev–Trinajstić information content (AvgIpc) is 3.45. The van der Waals surface area contributed by atoms with Crippen molar-refractivity contribution in [2.45, 2.75) is 11.8 Å². The predicted octanol–water partition coefficient (Wildman–Crippen LogP) is 3.18. The Morgan fingerprint density at radius 3 is 2.51 bits per heavy atom. The number of para-hydroxylation sites is 2. The molecule has 3 aromatic rings. The van der Waals surface area contributed by atoms with E-state index in [4.69, 9.17) is 9.47 Å². The third kappa shape index (κ3) is 4.81. The lowest BCUT2D eigenvalue weighted by molar-refractivity contribution is -0.121. The molecule has 2 aromatic carbocycles. The number of nitrogens with zero attached hydrogens (tertiary/aromatic N) is 3. The summed E-state index contributed by atoms with van der Waals surface area (Å²) in [6, 6.07) is 14.2. The first-order chi connectivity index (χ1) is 17.8. The lowest BCUT2D eigenvalue weighted by atomic mass is 10.1. The Morgan fingerprint density at radius 2 is 1.81 bits per heavy atom. The zero-order chi connectivity index (χ0) is 26.2. The van der Waals surface area contributed by atoms with Gasteiger partial charge in [0.2, 0.25) is 10.0 Å². The molecule has 1 aromatic heterocycles. The molecule has 1 fully saturated rings. The number of hydrogen-bond acceptors (Lipinski definition) is 8. The van der Waals surface area contributed by atoms with Gasteiger partial charge < -0.3 is 14.4 Å². The van der Waals surface area contributed by atoms with E-state index < -0.39 is 15.9 Å². The zero-order valence-corrected chi connectivity index (χ0v) is 22.2. The molecule has 0 radical (unpaired) electrons. The molecular weight excluding hydrogens is 514 g/mol. The summed E-state index contributed by atoms with van der Waals surface area (Å²) in [6.45, 7) is 2.93. The minimum Gasteiger partial charge on any atom is -0.495 e. The first kappa shape index (κ1) is 25.2. The van der Waals surface area contributed by atoms with Crippen molar-refractivity contribution < 1.29 is 27.5 Å². The molecule has 0 saturated carbocycles. The number of methoxy groups -OCH3 is 1. The number of rotatable bonds is 7. The van der Waals surface area contributed by atoms with Crippen molar-refractivity contribution >= 4 is 44.4 Å². The Hall–Kier alpha value is -3.41. The molecule has 0 aliphatic carbocycles. The number of hydrogen-bond donors (Lipinski definition) is 0. The monoisotopic (exact) mass is 541 g/mol. The van der Waals surface area contributed by atoms with Gasteiger partial charge in [0.05, 0.1) is 34.8 Å². The van der Waals surface area contributed by atoms with Crippen LogP contribution in [0.25, 0.3) is 0 Å². The zero-order valence-electron chi connectivity index (χ0n) is 20.5. The van der Waals surface area contributed by atoms with Gasteiger partial charge in [0, 0.05) is 26.2 Å². The third-order valence-electron chi connectivity index (χ3n) is 6.58. The van der Waals surface area contributed by atoms with Crippen molar-refractivity contribution in [3.63, 3.8) is 0 Å². The molecule has 9 nitrogen and oxygen atoms in total.